The third-order valence-electron chi connectivity index (χ3n) is 4.36. The number of piperidine rings is 1. The second kappa shape index (κ2) is 7.18. The Kier molecular flexibility index (Phi) is 4.80. The van der Waals surface area contributed by atoms with E-state index in [1.54, 1.807) is 19.4 Å². The van der Waals surface area contributed by atoms with Crippen molar-refractivity contribution < 1.29 is 0 Å². The molecule has 1 aliphatic heterocycles. The summed E-state index contributed by atoms with van der Waals surface area (Å²) in [4.78, 5) is 19.3. The molecule has 6 nitrogen and oxygen atoms in total. The molecule has 6 heteroatoms. The Balaban J connectivity index is 1.90. The predicted octanol–water partition coefficient (Wildman–Crippen LogP) is 2.25. The highest BCUT2D eigenvalue weighted by molar-refractivity contribution is 5.58. The number of aromatic nitrogens is 2. The summed E-state index contributed by atoms with van der Waals surface area (Å²) in [5, 5.41) is 12.4. The van der Waals surface area contributed by atoms with Crippen molar-refractivity contribution in [2.45, 2.75) is 25.8 Å². The zero-order valence-corrected chi connectivity index (χ0v) is 13.8. The lowest BCUT2D eigenvalue weighted by atomic mass is 10.1. The number of hydrogen-bond acceptors (Lipinski definition) is 5. The fourth-order valence-electron chi connectivity index (χ4n) is 3.03. The van der Waals surface area contributed by atoms with E-state index in [9.17, 15) is 10.1 Å². The molecule has 0 unspecified atom stereocenters. The standard InChI is InChI=1S/C18H21N5O/c1-22-13-21-17(23-9-5-2-6-10-23)15(18(22)24)12-20-16-8-4-3-7-14(16)11-19/h3-4,7-8,13,20H,2,5-6,9-10,12H2,1H3. The van der Waals surface area contributed by atoms with Gasteiger partial charge in [0.15, 0.2) is 0 Å². The average molecular weight is 323 g/mol. The van der Waals surface area contributed by atoms with Gasteiger partial charge in [0, 0.05) is 26.7 Å². The molecule has 2 aromatic rings. The monoisotopic (exact) mass is 323 g/mol. The Hall–Kier alpha value is -2.81. The van der Waals surface area contributed by atoms with Gasteiger partial charge in [0.25, 0.3) is 5.56 Å². The van der Waals surface area contributed by atoms with Crippen LogP contribution in [0.25, 0.3) is 0 Å². The Morgan fingerprint density at radius 3 is 2.75 bits per heavy atom. The number of benzene rings is 1. The van der Waals surface area contributed by atoms with E-state index in [1.165, 1.54) is 11.0 Å². The van der Waals surface area contributed by atoms with Crippen LogP contribution in [0.2, 0.25) is 0 Å². The summed E-state index contributed by atoms with van der Waals surface area (Å²) in [6, 6.07) is 9.47. The molecule has 3 rings (SSSR count). The van der Waals surface area contributed by atoms with E-state index in [0.717, 1.165) is 37.4 Å². The van der Waals surface area contributed by atoms with Crippen LogP contribution in [0, 0.1) is 11.3 Å². The molecule has 0 saturated carbocycles. The predicted molar refractivity (Wildman–Crippen MR) is 94.0 cm³/mol. The molecule has 0 spiro atoms. The fraction of sp³-hybridized carbons (Fsp3) is 0.389. The highest BCUT2D eigenvalue weighted by atomic mass is 16.1. The van der Waals surface area contributed by atoms with E-state index < -0.39 is 0 Å². The highest BCUT2D eigenvalue weighted by Crippen LogP contribution is 2.21. The SMILES string of the molecule is Cn1cnc(N2CCCCC2)c(CNc2ccccc2C#N)c1=O. The van der Waals surface area contributed by atoms with E-state index in [2.05, 4.69) is 21.3 Å². The third kappa shape index (κ3) is 3.25. The largest absolute Gasteiger partial charge is 0.380 e. The number of nitriles is 1. The Labute approximate surface area is 141 Å². The van der Waals surface area contributed by atoms with E-state index in [1.807, 2.05) is 18.2 Å². The van der Waals surface area contributed by atoms with Crippen LogP contribution >= 0.6 is 0 Å². The van der Waals surface area contributed by atoms with Gasteiger partial charge in [-0.1, -0.05) is 12.1 Å². The van der Waals surface area contributed by atoms with Gasteiger partial charge >= 0.3 is 0 Å². The summed E-state index contributed by atoms with van der Waals surface area (Å²) >= 11 is 0. The topological polar surface area (TPSA) is 74.0 Å². The number of nitrogens with one attached hydrogen (secondary N) is 1. The molecule has 0 atom stereocenters. The molecule has 0 amide bonds. The van der Waals surface area contributed by atoms with Crippen molar-refractivity contribution in [3.8, 4) is 6.07 Å². The lowest BCUT2D eigenvalue weighted by Crippen LogP contribution is -2.35. The van der Waals surface area contributed by atoms with E-state index in [0.29, 0.717) is 17.7 Å². The first-order valence-electron chi connectivity index (χ1n) is 8.23. The average Bonchev–Trinajstić information content (AvgIpc) is 2.64. The minimum Gasteiger partial charge on any atom is -0.380 e. The van der Waals surface area contributed by atoms with E-state index in [4.69, 9.17) is 0 Å². The number of aryl methyl sites for hydroxylation is 1. The fourth-order valence-corrected chi connectivity index (χ4v) is 3.03. The number of anilines is 2. The summed E-state index contributed by atoms with van der Waals surface area (Å²) in [5.41, 5.74) is 1.90. The Morgan fingerprint density at radius 2 is 2.00 bits per heavy atom. The molecular formula is C18H21N5O. The van der Waals surface area contributed by atoms with Crippen molar-refractivity contribution in [1.29, 1.82) is 5.26 Å². The Morgan fingerprint density at radius 1 is 1.25 bits per heavy atom. The summed E-state index contributed by atoms with van der Waals surface area (Å²) in [5.74, 6) is 0.764. The van der Waals surface area contributed by atoms with E-state index >= 15 is 0 Å². The minimum absolute atomic E-state index is 0.0486. The van der Waals surface area contributed by atoms with Gasteiger partial charge in [-0.25, -0.2) is 4.98 Å². The molecule has 1 N–H and O–H groups in total. The van der Waals surface area contributed by atoms with Crippen molar-refractivity contribution >= 4 is 11.5 Å². The maximum absolute atomic E-state index is 12.6. The van der Waals surface area contributed by atoms with Gasteiger partial charge in [-0.2, -0.15) is 5.26 Å². The second-order valence-corrected chi connectivity index (χ2v) is 6.02. The number of hydrogen-bond donors (Lipinski definition) is 1. The molecule has 2 heterocycles. The van der Waals surface area contributed by atoms with E-state index in [-0.39, 0.29) is 5.56 Å². The molecule has 1 aromatic carbocycles. The summed E-state index contributed by atoms with van der Waals surface area (Å²) in [6.07, 6.45) is 5.06. The highest BCUT2D eigenvalue weighted by Gasteiger charge is 2.19. The Bertz CT molecular complexity index is 815. The quantitative estimate of drug-likeness (QED) is 0.934. The van der Waals surface area contributed by atoms with Gasteiger partial charge < -0.3 is 14.8 Å². The molecule has 1 fully saturated rings. The van der Waals surface area contributed by atoms with Crippen molar-refractivity contribution in [3.63, 3.8) is 0 Å². The minimum atomic E-state index is -0.0486. The van der Waals surface area contributed by atoms with Crippen LogP contribution in [0.15, 0.2) is 35.4 Å². The van der Waals surface area contributed by atoms with Crippen molar-refractivity contribution in [2.24, 2.45) is 7.05 Å². The molecule has 124 valence electrons. The van der Waals surface area contributed by atoms with Crippen LogP contribution in [-0.2, 0) is 13.6 Å². The lowest BCUT2D eigenvalue weighted by Gasteiger charge is -2.29. The molecule has 0 radical (unpaired) electrons. The molecule has 1 aliphatic rings. The van der Waals surface area contributed by atoms with Crippen molar-refractivity contribution in [2.75, 3.05) is 23.3 Å². The van der Waals surface area contributed by atoms with Crippen molar-refractivity contribution in [1.82, 2.24) is 9.55 Å². The number of rotatable bonds is 4. The van der Waals surface area contributed by atoms with Crippen LogP contribution < -0.4 is 15.8 Å². The number of para-hydroxylation sites is 1. The zero-order chi connectivity index (χ0) is 16.9. The molecule has 0 aliphatic carbocycles. The zero-order valence-electron chi connectivity index (χ0n) is 13.8. The van der Waals surface area contributed by atoms with Gasteiger partial charge in [0.05, 0.1) is 23.1 Å². The summed E-state index contributed by atoms with van der Waals surface area (Å²) in [7, 11) is 1.71. The van der Waals surface area contributed by atoms with Crippen LogP contribution in [0.3, 0.4) is 0 Å². The molecule has 1 saturated heterocycles. The summed E-state index contributed by atoms with van der Waals surface area (Å²) in [6.45, 7) is 2.22. The van der Waals surface area contributed by atoms with Gasteiger partial charge in [-0.3, -0.25) is 4.79 Å². The van der Waals surface area contributed by atoms with Gasteiger partial charge in [0.2, 0.25) is 0 Å². The van der Waals surface area contributed by atoms with Crippen LogP contribution in [0.5, 0.6) is 0 Å². The van der Waals surface area contributed by atoms with Gasteiger partial charge in [-0.05, 0) is 31.4 Å². The third-order valence-corrected chi connectivity index (χ3v) is 4.36. The summed E-state index contributed by atoms with van der Waals surface area (Å²) < 4.78 is 1.50. The number of nitrogens with zero attached hydrogens (tertiary/aromatic N) is 4. The van der Waals surface area contributed by atoms with Gasteiger partial charge in [-0.15, -0.1) is 0 Å². The first-order valence-corrected chi connectivity index (χ1v) is 8.23. The lowest BCUT2D eigenvalue weighted by molar-refractivity contribution is 0.569. The smallest absolute Gasteiger partial charge is 0.260 e. The first kappa shape index (κ1) is 16.1. The van der Waals surface area contributed by atoms with Crippen LogP contribution in [0.4, 0.5) is 11.5 Å². The molecular weight excluding hydrogens is 302 g/mol. The molecule has 0 bridgehead atoms. The normalized spacial score (nSPS) is 14.2. The maximum atomic E-state index is 12.6. The first-order chi connectivity index (χ1) is 11.7. The van der Waals surface area contributed by atoms with Crippen molar-refractivity contribution in [3.05, 3.63) is 52.1 Å². The molecule has 24 heavy (non-hydrogen) atoms. The van der Waals surface area contributed by atoms with Crippen LogP contribution in [-0.4, -0.2) is 22.6 Å². The van der Waals surface area contributed by atoms with Crippen LogP contribution in [0.1, 0.15) is 30.4 Å². The maximum Gasteiger partial charge on any atom is 0.260 e. The second-order valence-electron chi connectivity index (χ2n) is 6.02. The molecule has 1 aromatic heterocycles. The van der Waals surface area contributed by atoms with Gasteiger partial charge in [0.1, 0.15) is 11.9 Å².